The van der Waals surface area contributed by atoms with Crippen LogP contribution in [-0.2, 0) is 14.3 Å². The summed E-state index contributed by atoms with van der Waals surface area (Å²) < 4.78 is 26.4. The molecule has 0 saturated heterocycles. The van der Waals surface area contributed by atoms with Gasteiger partial charge in [-0.05, 0) is 30.3 Å². The summed E-state index contributed by atoms with van der Waals surface area (Å²) in [5.41, 5.74) is 0.520. The van der Waals surface area contributed by atoms with Crippen molar-refractivity contribution in [1.82, 2.24) is 0 Å². The average molecular weight is 416 g/mol. The van der Waals surface area contributed by atoms with Gasteiger partial charge in [-0.3, -0.25) is 10.1 Å². The van der Waals surface area contributed by atoms with Crippen LogP contribution in [-0.4, -0.2) is 51.3 Å². The van der Waals surface area contributed by atoms with E-state index in [1.807, 2.05) is 0 Å². The van der Waals surface area contributed by atoms with Crippen LogP contribution >= 0.6 is 0 Å². The van der Waals surface area contributed by atoms with Crippen molar-refractivity contribution in [1.29, 1.82) is 0 Å². The average Bonchev–Trinajstić information content (AvgIpc) is 3.22. The summed E-state index contributed by atoms with van der Waals surface area (Å²) in [6.07, 6.45) is -1.02. The first-order valence-electron chi connectivity index (χ1n) is 8.80. The van der Waals surface area contributed by atoms with Crippen LogP contribution in [0.3, 0.4) is 0 Å². The summed E-state index contributed by atoms with van der Waals surface area (Å²) in [6, 6.07) is 8.54. The number of carbonyl (C=O) groups excluding carboxylic acids is 1. The first-order chi connectivity index (χ1) is 14.4. The number of methoxy groups -OCH3 is 4. The summed E-state index contributed by atoms with van der Waals surface area (Å²) in [6.45, 7) is 0. The van der Waals surface area contributed by atoms with Crippen LogP contribution in [0.4, 0.5) is 5.69 Å². The Kier molecular flexibility index (Phi) is 6.05. The molecule has 2 aromatic carbocycles. The first kappa shape index (κ1) is 20.9. The van der Waals surface area contributed by atoms with Crippen molar-refractivity contribution in [2.75, 3.05) is 28.4 Å². The predicted molar refractivity (Wildman–Crippen MR) is 105 cm³/mol. The van der Waals surface area contributed by atoms with Crippen LogP contribution < -0.4 is 14.2 Å². The number of hydrogen-bond acceptors (Lipinski definition) is 9. The molecule has 0 N–H and O–H groups in total. The van der Waals surface area contributed by atoms with Crippen LogP contribution in [0, 0.1) is 10.1 Å². The number of nitro benzene ring substituents is 1. The topological polar surface area (TPSA) is 119 Å². The Bertz CT molecular complexity index is 987. The fourth-order valence-electron chi connectivity index (χ4n) is 3.11. The van der Waals surface area contributed by atoms with Gasteiger partial charge in [0.2, 0.25) is 11.6 Å². The van der Waals surface area contributed by atoms with Crippen molar-refractivity contribution in [3.8, 4) is 17.2 Å². The molecule has 158 valence electrons. The highest BCUT2D eigenvalue weighted by Gasteiger charge is 2.42. The Labute approximate surface area is 172 Å². The first-order valence-corrected chi connectivity index (χ1v) is 8.80. The Morgan fingerprint density at radius 1 is 1.03 bits per heavy atom. The van der Waals surface area contributed by atoms with Crippen molar-refractivity contribution in [2.24, 2.45) is 4.99 Å². The van der Waals surface area contributed by atoms with Crippen LogP contribution in [0.1, 0.15) is 17.2 Å². The lowest BCUT2D eigenvalue weighted by Gasteiger charge is -2.19. The maximum absolute atomic E-state index is 12.4. The number of nitro groups is 1. The minimum Gasteiger partial charge on any atom is -0.497 e. The van der Waals surface area contributed by atoms with Crippen LogP contribution in [0.25, 0.3) is 0 Å². The van der Waals surface area contributed by atoms with E-state index in [1.54, 1.807) is 31.4 Å². The molecule has 2 aromatic rings. The van der Waals surface area contributed by atoms with Gasteiger partial charge < -0.3 is 23.7 Å². The summed E-state index contributed by atoms with van der Waals surface area (Å²) in [4.78, 5) is 27.7. The Balaban J connectivity index is 2.09. The van der Waals surface area contributed by atoms with Crippen molar-refractivity contribution in [3.63, 3.8) is 0 Å². The van der Waals surface area contributed by atoms with E-state index >= 15 is 0 Å². The van der Waals surface area contributed by atoms with Crippen molar-refractivity contribution >= 4 is 17.6 Å². The molecule has 0 radical (unpaired) electrons. The number of carbonyl (C=O) groups is 1. The Morgan fingerprint density at radius 2 is 1.70 bits per heavy atom. The molecule has 1 aliphatic rings. The molecule has 0 fully saturated rings. The molecule has 0 bridgehead atoms. The molecule has 1 heterocycles. The van der Waals surface area contributed by atoms with E-state index in [0.29, 0.717) is 11.3 Å². The zero-order valence-electron chi connectivity index (χ0n) is 16.8. The maximum atomic E-state index is 12.4. The zero-order chi connectivity index (χ0) is 21.8. The van der Waals surface area contributed by atoms with Gasteiger partial charge in [-0.2, -0.15) is 0 Å². The van der Waals surface area contributed by atoms with E-state index in [1.165, 1.54) is 33.5 Å². The number of aliphatic imine (C=N–C) groups is 1. The van der Waals surface area contributed by atoms with Gasteiger partial charge in [0.05, 0.1) is 39.4 Å². The number of nitrogens with zero attached hydrogens (tertiary/aromatic N) is 2. The second-order valence-corrected chi connectivity index (χ2v) is 6.20. The van der Waals surface area contributed by atoms with Gasteiger partial charge in [0.1, 0.15) is 11.5 Å². The second-order valence-electron chi connectivity index (χ2n) is 6.20. The Morgan fingerprint density at radius 3 is 2.23 bits per heavy atom. The normalized spacial score (nSPS) is 17.5. The van der Waals surface area contributed by atoms with E-state index in [-0.39, 0.29) is 28.6 Å². The molecule has 3 rings (SSSR count). The lowest BCUT2D eigenvalue weighted by Crippen LogP contribution is -2.25. The SMILES string of the molecule is COC(=O)[C@H]1N=C(c2ccc(OC)cc2)O[C@H]1c1cc(OC)cc([N+](=O)[O-])c1OC. The summed E-state index contributed by atoms with van der Waals surface area (Å²) >= 11 is 0. The van der Waals surface area contributed by atoms with Gasteiger partial charge >= 0.3 is 11.7 Å². The Hall–Kier alpha value is -3.82. The fraction of sp³-hybridized carbons (Fsp3) is 0.300. The highest BCUT2D eigenvalue weighted by atomic mass is 16.6. The molecule has 0 amide bonds. The minimum absolute atomic E-state index is 0.0501. The molecule has 30 heavy (non-hydrogen) atoms. The maximum Gasteiger partial charge on any atom is 0.335 e. The third-order valence-electron chi connectivity index (χ3n) is 4.58. The largest absolute Gasteiger partial charge is 0.497 e. The quantitative estimate of drug-likeness (QED) is 0.384. The summed E-state index contributed by atoms with van der Waals surface area (Å²) in [5.74, 6) is 0.332. The molecule has 0 aromatic heterocycles. The van der Waals surface area contributed by atoms with Gasteiger partial charge in [0.15, 0.2) is 12.1 Å². The van der Waals surface area contributed by atoms with Crippen molar-refractivity contribution < 1.29 is 33.4 Å². The van der Waals surface area contributed by atoms with Crippen molar-refractivity contribution in [3.05, 3.63) is 57.6 Å². The van der Waals surface area contributed by atoms with Crippen LogP contribution in [0.15, 0.2) is 41.4 Å². The number of benzene rings is 2. The molecule has 10 heteroatoms. The van der Waals surface area contributed by atoms with Crippen molar-refractivity contribution in [2.45, 2.75) is 12.1 Å². The van der Waals surface area contributed by atoms with Gasteiger partial charge in [-0.25, -0.2) is 9.79 Å². The van der Waals surface area contributed by atoms with E-state index < -0.39 is 23.0 Å². The molecule has 0 unspecified atom stereocenters. The van der Waals surface area contributed by atoms with Gasteiger partial charge in [0, 0.05) is 11.1 Å². The van der Waals surface area contributed by atoms with E-state index in [4.69, 9.17) is 23.7 Å². The number of esters is 1. The molecule has 0 saturated carbocycles. The molecular weight excluding hydrogens is 396 g/mol. The minimum atomic E-state index is -1.09. The monoisotopic (exact) mass is 416 g/mol. The summed E-state index contributed by atoms with van der Waals surface area (Å²) in [5, 5.41) is 11.5. The number of rotatable bonds is 7. The molecular formula is C20H20N2O8. The highest BCUT2D eigenvalue weighted by Crippen LogP contribution is 2.43. The highest BCUT2D eigenvalue weighted by molar-refractivity contribution is 5.98. The lowest BCUT2D eigenvalue weighted by atomic mass is 10.0. The lowest BCUT2D eigenvalue weighted by molar-refractivity contribution is -0.385. The molecule has 1 aliphatic heterocycles. The van der Waals surface area contributed by atoms with Gasteiger partial charge in [-0.15, -0.1) is 0 Å². The second kappa shape index (κ2) is 8.68. The van der Waals surface area contributed by atoms with Gasteiger partial charge in [-0.1, -0.05) is 0 Å². The van der Waals surface area contributed by atoms with Gasteiger partial charge in [0.25, 0.3) is 0 Å². The summed E-state index contributed by atoms with van der Waals surface area (Å²) in [7, 11) is 5.45. The van der Waals surface area contributed by atoms with Crippen LogP contribution in [0.2, 0.25) is 0 Å². The number of hydrogen-bond donors (Lipinski definition) is 0. The van der Waals surface area contributed by atoms with E-state index in [2.05, 4.69) is 4.99 Å². The third-order valence-corrected chi connectivity index (χ3v) is 4.58. The van der Waals surface area contributed by atoms with E-state index in [0.717, 1.165) is 0 Å². The number of ether oxygens (including phenoxy) is 5. The molecule has 0 aliphatic carbocycles. The predicted octanol–water partition coefficient (Wildman–Crippen LogP) is 2.68. The molecule has 10 nitrogen and oxygen atoms in total. The molecule has 2 atom stereocenters. The van der Waals surface area contributed by atoms with E-state index in [9.17, 15) is 14.9 Å². The zero-order valence-corrected chi connectivity index (χ0v) is 16.8. The standard InChI is InChI=1S/C20H20N2O8/c1-26-12-7-5-11(6-8-12)19-21-16(20(23)29-4)18(30-19)14-9-13(27-2)10-15(22(24)25)17(14)28-3/h5-10,16,18H,1-4H3/t16-,18-/m0/s1. The fourth-order valence-corrected chi connectivity index (χ4v) is 3.11. The molecule has 0 spiro atoms. The smallest absolute Gasteiger partial charge is 0.335 e. The third kappa shape index (κ3) is 3.84. The van der Waals surface area contributed by atoms with Crippen LogP contribution in [0.5, 0.6) is 17.2 Å².